The summed E-state index contributed by atoms with van der Waals surface area (Å²) in [5, 5.41) is 53.5. The summed E-state index contributed by atoms with van der Waals surface area (Å²) >= 11 is 0. The standard InChI is InChI=1S/C9H17NO7.C7H14N2O4/c1-3(8(13)14)16-7-5(10)9(15)17-4(2-11)6(7)12;8-7(9,6(12)13)4-2-1-3-5(10)11/h3-7,9,11-12,15H,2,10H2,1H3,(H,13,14);1-4,8-9H2,(H,10,11)(H,12,13)/t3-,4-,5-,6-,7-,9+;/m1./s1. The Morgan fingerprint density at radius 1 is 1.13 bits per heavy atom. The number of aliphatic hydroxyl groups is 3. The molecule has 0 unspecified atom stereocenters. The lowest BCUT2D eigenvalue weighted by Gasteiger charge is -2.41. The number of unbranched alkanes of at least 4 members (excludes halogenated alkanes) is 1. The van der Waals surface area contributed by atoms with Gasteiger partial charge in [0.05, 0.1) is 12.6 Å². The fraction of sp³-hybridized carbons (Fsp3) is 0.812. The van der Waals surface area contributed by atoms with Crippen LogP contribution < -0.4 is 17.2 Å². The molecular formula is C16H31N3O11. The van der Waals surface area contributed by atoms with Crippen molar-refractivity contribution >= 4 is 17.9 Å². The molecule has 0 aromatic heterocycles. The summed E-state index contributed by atoms with van der Waals surface area (Å²) in [7, 11) is 0. The first-order valence-corrected chi connectivity index (χ1v) is 9.03. The molecule has 0 radical (unpaired) electrons. The highest BCUT2D eigenvalue weighted by atomic mass is 16.6. The monoisotopic (exact) mass is 441 g/mol. The summed E-state index contributed by atoms with van der Waals surface area (Å²) in [6.07, 6.45) is -5.24. The topological polar surface area (TPSA) is 269 Å². The first kappa shape index (κ1) is 28.1. The van der Waals surface area contributed by atoms with Crippen molar-refractivity contribution in [3.8, 4) is 0 Å². The van der Waals surface area contributed by atoms with E-state index in [1.54, 1.807) is 0 Å². The van der Waals surface area contributed by atoms with E-state index in [1.165, 1.54) is 6.92 Å². The van der Waals surface area contributed by atoms with Crippen LogP contribution in [0.15, 0.2) is 0 Å². The average molecular weight is 441 g/mol. The zero-order valence-corrected chi connectivity index (χ0v) is 16.5. The van der Waals surface area contributed by atoms with Crippen LogP contribution in [0, 0.1) is 0 Å². The van der Waals surface area contributed by atoms with Crippen LogP contribution in [0.1, 0.15) is 32.6 Å². The van der Waals surface area contributed by atoms with Gasteiger partial charge in [0.15, 0.2) is 18.1 Å². The van der Waals surface area contributed by atoms with Gasteiger partial charge >= 0.3 is 17.9 Å². The van der Waals surface area contributed by atoms with Gasteiger partial charge in [0.1, 0.15) is 18.3 Å². The number of ether oxygens (including phenoxy) is 2. The Bertz CT molecular complexity index is 575. The molecule has 0 aliphatic carbocycles. The molecule has 0 aromatic carbocycles. The van der Waals surface area contributed by atoms with Gasteiger partial charge in [-0.15, -0.1) is 0 Å². The Kier molecular flexibility index (Phi) is 11.9. The van der Waals surface area contributed by atoms with Gasteiger partial charge in [-0.3, -0.25) is 4.79 Å². The summed E-state index contributed by atoms with van der Waals surface area (Å²) in [6, 6.07) is -1.09. The predicted octanol–water partition coefficient (Wildman–Crippen LogP) is -3.43. The van der Waals surface area contributed by atoms with E-state index in [-0.39, 0.29) is 12.8 Å². The number of hydrogen-bond acceptors (Lipinski definition) is 11. The molecule has 0 saturated carbocycles. The summed E-state index contributed by atoms with van der Waals surface area (Å²) in [4.78, 5) is 31.1. The van der Waals surface area contributed by atoms with Gasteiger partial charge in [0.2, 0.25) is 0 Å². The molecule has 6 atom stereocenters. The second-order valence-corrected chi connectivity index (χ2v) is 6.84. The number of aliphatic carboxylic acids is 3. The van der Waals surface area contributed by atoms with Crippen molar-refractivity contribution in [3.63, 3.8) is 0 Å². The molecule has 0 bridgehead atoms. The zero-order valence-electron chi connectivity index (χ0n) is 16.5. The van der Waals surface area contributed by atoms with Crippen LogP contribution in [0.3, 0.4) is 0 Å². The molecule has 0 aromatic rings. The Morgan fingerprint density at radius 2 is 1.70 bits per heavy atom. The van der Waals surface area contributed by atoms with Crippen molar-refractivity contribution in [1.82, 2.24) is 0 Å². The lowest BCUT2D eigenvalue weighted by atomic mass is 9.97. The highest BCUT2D eigenvalue weighted by Gasteiger charge is 2.44. The maximum absolute atomic E-state index is 10.6. The SMILES string of the molecule is C[C@@H](O[C@@H]1[C@@H](N)[C@@H](O)O[C@H](CO)[C@H]1O)C(=O)O.NC(N)(CCCCC(=O)O)C(=O)O. The fourth-order valence-corrected chi connectivity index (χ4v) is 2.37. The van der Waals surface area contributed by atoms with Gasteiger partial charge in [-0.05, 0) is 26.2 Å². The number of carboxylic acid groups (broad SMARTS) is 3. The zero-order chi connectivity index (χ0) is 23.6. The minimum Gasteiger partial charge on any atom is -0.481 e. The Labute approximate surface area is 172 Å². The van der Waals surface area contributed by atoms with E-state index in [4.69, 9.17) is 47.1 Å². The van der Waals surface area contributed by atoms with Crippen LogP contribution in [0.25, 0.3) is 0 Å². The lowest BCUT2D eigenvalue weighted by molar-refractivity contribution is -0.262. The number of carboxylic acids is 3. The molecule has 1 aliphatic heterocycles. The molecule has 12 N–H and O–H groups in total. The number of hydrogen-bond donors (Lipinski definition) is 9. The largest absolute Gasteiger partial charge is 0.481 e. The Balaban J connectivity index is 0.000000584. The second kappa shape index (κ2) is 12.7. The third kappa shape index (κ3) is 9.27. The molecule has 1 aliphatic rings. The third-order valence-corrected chi connectivity index (χ3v) is 4.26. The van der Waals surface area contributed by atoms with Gasteiger partial charge in [0, 0.05) is 6.42 Å². The number of rotatable bonds is 10. The highest BCUT2D eigenvalue weighted by Crippen LogP contribution is 2.22. The van der Waals surface area contributed by atoms with Gasteiger partial charge in [0.25, 0.3) is 0 Å². The van der Waals surface area contributed by atoms with E-state index in [2.05, 4.69) is 0 Å². The summed E-state index contributed by atoms with van der Waals surface area (Å²) in [5.41, 5.74) is 14.2. The van der Waals surface area contributed by atoms with Crippen LogP contribution in [0.2, 0.25) is 0 Å². The van der Waals surface area contributed by atoms with Gasteiger partial charge in [-0.25, -0.2) is 9.59 Å². The second-order valence-electron chi connectivity index (χ2n) is 6.84. The average Bonchev–Trinajstić information content (AvgIpc) is 2.65. The van der Waals surface area contributed by atoms with Crippen molar-refractivity contribution in [1.29, 1.82) is 0 Å². The maximum Gasteiger partial charge on any atom is 0.338 e. The summed E-state index contributed by atoms with van der Waals surface area (Å²) in [5.74, 6) is -3.40. The lowest BCUT2D eigenvalue weighted by Crippen LogP contribution is -2.63. The summed E-state index contributed by atoms with van der Waals surface area (Å²) < 4.78 is 9.89. The molecule has 0 amide bonds. The van der Waals surface area contributed by atoms with E-state index in [0.717, 1.165) is 0 Å². The van der Waals surface area contributed by atoms with Crippen molar-refractivity contribution in [3.05, 3.63) is 0 Å². The minimum absolute atomic E-state index is 0.00962. The van der Waals surface area contributed by atoms with E-state index in [9.17, 15) is 24.6 Å². The molecule has 1 heterocycles. The van der Waals surface area contributed by atoms with Crippen LogP contribution in [-0.2, 0) is 23.9 Å². The first-order chi connectivity index (χ1) is 13.7. The number of nitrogens with two attached hydrogens (primary N) is 3. The predicted molar refractivity (Wildman–Crippen MR) is 98.8 cm³/mol. The first-order valence-electron chi connectivity index (χ1n) is 9.03. The van der Waals surface area contributed by atoms with Crippen molar-refractivity contribution in [2.75, 3.05) is 6.61 Å². The van der Waals surface area contributed by atoms with Gasteiger partial charge in [-0.2, -0.15) is 0 Å². The van der Waals surface area contributed by atoms with Crippen LogP contribution in [-0.4, -0.2) is 97.6 Å². The van der Waals surface area contributed by atoms with Crippen molar-refractivity contribution in [2.24, 2.45) is 17.2 Å². The number of aliphatic hydroxyl groups excluding tert-OH is 3. The van der Waals surface area contributed by atoms with Crippen molar-refractivity contribution < 1.29 is 54.5 Å². The van der Waals surface area contributed by atoms with Crippen molar-refractivity contribution in [2.45, 2.75) is 75.0 Å². The third-order valence-electron chi connectivity index (χ3n) is 4.26. The van der Waals surface area contributed by atoms with Gasteiger partial charge in [-0.1, -0.05) is 0 Å². The van der Waals surface area contributed by atoms with Gasteiger partial charge < -0.3 is 57.3 Å². The molecule has 14 nitrogen and oxygen atoms in total. The summed E-state index contributed by atoms with van der Waals surface area (Å²) in [6.45, 7) is 0.740. The molecule has 1 saturated heterocycles. The molecule has 1 rings (SSSR count). The molecule has 1 fully saturated rings. The van der Waals surface area contributed by atoms with Crippen LogP contribution in [0.4, 0.5) is 0 Å². The Hall–Kier alpha value is -1.91. The normalized spacial score (nSPS) is 27.5. The van der Waals surface area contributed by atoms with Crippen LogP contribution >= 0.6 is 0 Å². The fourth-order valence-electron chi connectivity index (χ4n) is 2.37. The van der Waals surface area contributed by atoms with E-state index >= 15 is 0 Å². The highest BCUT2D eigenvalue weighted by molar-refractivity contribution is 5.77. The Morgan fingerprint density at radius 3 is 2.13 bits per heavy atom. The van der Waals surface area contributed by atoms with E-state index < -0.39 is 66.9 Å². The van der Waals surface area contributed by atoms with E-state index in [0.29, 0.717) is 12.8 Å². The minimum atomic E-state index is -1.74. The van der Waals surface area contributed by atoms with Crippen LogP contribution in [0.5, 0.6) is 0 Å². The van der Waals surface area contributed by atoms with E-state index in [1.807, 2.05) is 0 Å². The molecule has 30 heavy (non-hydrogen) atoms. The quantitative estimate of drug-likeness (QED) is 0.118. The molecule has 0 spiro atoms. The smallest absolute Gasteiger partial charge is 0.338 e. The molecular weight excluding hydrogens is 410 g/mol. The maximum atomic E-state index is 10.6. The number of carbonyl (C=O) groups is 3. The molecule has 176 valence electrons. The molecule has 14 heteroatoms.